The van der Waals surface area contributed by atoms with Gasteiger partial charge >= 0.3 is 5.97 Å². The molecule has 0 aliphatic heterocycles. The highest BCUT2D eigenvalue weighted by atomic mass is 16.5. The molecule has 5 nitrogen and oxygen atoms in total. The number of aryl methyl sites for hydroxylation is 2. The Morgan fingerprint density at radius 2 is 1.71 bits per heavy atom. The molecule has 0 unspecified atom stereocenters. The predicted molar refractivity (Wildman–Crippen MR) is 66.3 cm³/mol. The number of ether oxygens (including phenoxy) is 1. The van der Waals surface area contributed by atoms with Crippen LogP contribution in [0.2, 0.25) is 0 Å². The summed E-state index contributed by atoms with van der Waals surface area (Å²) in [5.41, 5.74) is 2.00. The number of nitrogens with one attached hydrogen (secondary N) is 1. The molecule has 0 saturated heterocycles. The zero-order chi connectivity index (χ0) is 12.8. The van der Waals surface area contributed by atoms with E-state index in [0.29, 0.717) is 31.0 Å². The molecule has 5 heteroatoms. The van der Waals surface area contributed by atoms with Crippen LogP contribution in [0, 0.1) is 0 Å². The molecule has 0 spiro atoms. The molecule has 1 aromatic rings. The first kappa shape index (κ1) is 13.4. The van der Waals surface area contributed by atoms with Crippen molar-refractivity contribution in [3.8, 4) is 0 Å². The molecule has 0 aliphatic rings. The van der Waals surface area contributed by atoms with Gasteiger partial charge in [-0.05, 0) is 19.8 Å². The SMILES string of the molecule is CCOC(=O)c1c(CC)nc(NC)nc1CC. The van der Waals surface area contributed by atoms with Crippen LogP contribution in [0.4, 0.5) is 5.95 Å². The topological polar surface area (TPSA) is 64.1 Å². The molecule has 0 bridgehead atoms. The van der Waals surface area contributed by atoms with E-state index in [1.807, 2.05) is 13.8 Å². The number of carbonyl (C=O) groups is 1. The van der Waals surface area contributed by atoms with E-state index in [-0.39, 0.29) is 5.97 Å². The van der Waals surface area contributed by atoms with Gasteiger partial charge in [-0.1, -0.05) is 13.8 Å². The van der Waals surface area contributed by atoms with Gasteiger partial charge < -0.3 is 10.1 Å². The molecule has 1 heterocycles. The first-order chi connectivity index (χ1) is 8.17. The van der Waals surface area contributed by atoms with E-state index >= 15 is 0 Å². The van der Waals surface area contributed by atoms with Gasteiger partial charge in [0.1, 0.15) is 5.56 Å². The standard InChI is InChI=1S/C12H19N3O2/c1-5-8-10(11(16)17-7-3)9(6-2)15-12(13-4)14-8/h5-7H2,1-4H3,(H,13,14,15). The molecule has 94 valence electrons. The van der Waals surface area contributed by atoms with Crippen molar-refractivity contribution in [3.63, 3.8) is 0 Å². The Morgan fingerprint density at radius 3 is 2.06 bits per heavy atom. The number of rotatable bonds is 5. The van der Waals surface area contributed by atoms with E-state index in [1.54, 1.807) is 14.0 Å². The second kappa shape index (κ2) is 6.18. The van der Waals surface area contributed by atoms with Crippen LogP contribution in [0.3, 0.4) is 0 Å². The van der Waals surface area contributed by atoms with Crippen LogP contribution < -0.4 is 5.32 Å². The summed E-state index contributed by atoms with van der Waals surface area (Å²) < 4.78 is 5.05. The third-order valence-corrected chi connectivity index (χ3v) is 2.43. The lowest BCUT2D eigenvalue weighted by Crippen LogP contribution is -2.16. The minimum absolute atomic E-state index is 0.330. The number of hydrogen-bond acceptors (Lipinski definition) is 5. The average Bonchev–Trinajstić information content (AvgIpc) is 2.37. The Hall–Kier alpha value is -1.65. The van der Waals surface area contributed by atoms with Crippen LogP contribution in [0.1, 0.15) is 42.5 Å². The Kier molecular flexibility index (Phi) is 4.87. The highest BCUT2D eigenvalue weighted by molar-refractivity contribution is 5.92. The number of hydrogen-bond donors (Lipinski definition) is 1. The summed E-state index contributed by atoms with van der Waals surface area (Å²) in [4.78, 5) is 20.5. The molecule has 0 atom stereocenters. The van der Waals surface area contributed by atoms with Crippen LogP contribution in [0.15, 0.2) is 0 Å². The van der Waals surface area contributed by atoms with Gasteiger partial charge in [-0.2, -0.15) is 0 Å². The lowest BCUT2D eigenvalue weighted by atomic mass is 10.1. The van der Waals surface area contributed by atoms with Gasteiger partial charge in [-0.3, -0.25) is 0 Å². The number of aromatic nitrogens is 2. The molecule has 1 aromatic heterocycles. The molecular weight excluding hydrogens is 218 g/mol. The highest BCUT2D eigenvalue weighted by Crippen LogP contribution is 2.16. The number of anilines is 1. The summed E-state index contributed by atoms with van der Waals surface area (Å²) in [5.74, 6) is 0.218. The van der Waals surface area contributed by atoms with E-state index in [4.69, 9.17) is 4.74 Å². The van der Waals surface area contributed by atoms with Crippen molar-refractivity contribution in [2.24, 2.45) is 0 Å². The summed E-state index contributed by atoms with van der Waals surface area (Å²) >= 11 is 0. The van der Waals surface area contributed by atoms with Gasteiger partial charge in [0.15, 0.2) is 0 Å². The smallest absolute Gasteiger partial charge is 0.341 e. The highest BCUT2D eigenvalue weighted by Gasteiger charge is 2.19. The zero-order valence-corrected chi connectivity index (χ0v) is 10.8. The fraction of sp³-hybridized carbons (Fsp3) is 0.583. The van der Waals surface area contributed by atoms with Crippen LogP contribution in [-0.2, 0) is 17.6 Å². The predicted octanol–water partition coefficient (Wildman–Crippen LogP) is 1.82. The van der Waals surface area contributed by atoms with E-state index in [1.165, 1.54) is 0 Å². The number of esters is 1. The Labute approximate surface area is 102 Å². The van der Waals surface area contributed by atoms with Gasteiger partial charge in [0, 0.05) is 7.05 Å². The fourth-order valence-electron chi connectivity index (χ4n) is 1.62. The maximum atomic E-state index is 11.9. The van der Waals surface area contributed by atoms with Crippen molar-refractivity contribution in [1.82, 2.24) is 9.97 Å². The van der Waals surface area contributed by atoms with Crippen molar-refractivity contribution < 1.29 is 9.53 Å². The Bertz CT molecular complexity index is 380. The Balaban J connectivity index is 3.29. The maximum absolute atomic E-state index is 11.9. The molecule has 17 heavy (non-hydrogen) atoms. The van der Waals surface area contributed by atoms with Crippen LogP contribution in [0.5, 0.6) is 0 Å². The summed E-state index contributed by atoms with van der Waals surface area (Å²) in [7, 11) is 1.76. The molecule has 1 rings (SSSR count). The van der Waals surface area contributed by atoms with Crippen LogP contribution >= 0.6 is 0 Å². The summed E-state index contributed by atoms with van der Waals surface area (Å²) in [6, 6.07) is 0. The fourth-order valence-corrected chi connectivity index (χ4v) is 1.62. The summed E-state index contributed by atoms with van der Waals surface area (Å²) in [6.45, 7) is 6.07. The minimum Gasteiger partial charge on any atom is -0.462 e. The number of carbonyl (C=O) groups excluding carboxylic acids is 1. The minimum atomic E-state index is -0.330. The van der Waals surface area contributed by atoms with E-state index in [2.05, 4.69) is 15.3 Å². The first-order valence-corrected chi connectivity index (χ1v) is 5.92. The summed E-state index contributed by atoms with van der Waals surface area (Å²) in [5, 5.41) is 2.90. The average molecular weight is 237 g/mol. The maximum Gasteiger partial charge on any atom is 0.341 e. The third-order valence-electron chi connectivity index (χ3n) is 2.43. The van der Waals surface area contributed by atoms with Crippen molar-refractivity contribution in [1.29, 1.82) is 0 Å². The largest absolute Gasteiger partial charge is 0.462 e. The lowest BCUT2D eigenvalue weighted by Gasteiger charge is -2.12. The first-order valence-electron chi connectivity index (χ1n) is 5.92. The van der Waals surface area contributed by atoms with Crippen LogP contribution in [0.25, 0.3) is 0 Å². The van der Waals surface area contributed by atoms with E-state index in [0.717, 1.165) is 11.4 Å². The molecule has 0 aromatic carbocycles. The normalized spacial score (nSPS) is 10.1. The van der Waals surface area contributed by atoms with E-state index in [9.17, 15) is 4.79 Å². The van der Waals surface area contributed by atoms with Gasteiger partial charge in [0.25, 0.3) is 0 Å². The molecular formula is C12H19N3O2. The third kappa shape index (κ3) is 2.93. The van der Waals surface area contributed by atoms with Crippen molar-refractivity contribution in [3.05, 3.63) is 17.0 Å². The number of nitrogens with zero attached hydrogens (tertiary/aromatic N) is 2. The summed E-state index contributed by atoms with van der Waals surface area (Å²) in [6.07, 6.45) is 1.36. The molecule has 0 aliphatic carbocycles. The second-order valence-electron chi connectivity index (χ2n) is 3.49. The lowest BCUT2D eigenvalue weighted by molar-refractivity contribution is 0.0522. The molecule has 0 amide bonds. The van der Waals surface area contributed by atoms with Crippen molar-refractivity contribution in [2.75, 3.05) is 19.0 Å². The van der Waals surface area contributed by atoms with Crippen molar-refractivity contribution >= 4 is 11.9 Å². The Morgan fingerprint density at radius 1 is 1.18 bits per heavy atom. The molecule has 0 radical (unpaired) electrons. The van der Waals surface area contributed by atoms with Gasteiger partial charge in [0.2, 0.25) is 5.95 Å². The van der Waals surface area contributed by atoms with Crippen molar-refractivity contribution in [2.45, 2.75) is 33.6 Å². The monoisotopic (exact) mass is 237 g/mol. The molecule has 0 saturated carbocycles. The molecule has 1 N–H and O–H groups in total. The van der Waals surface area contributed by atoms with Crippen LogP contribution in [-0.4, -0.2) is 29.6 Å². The quantitative estimate of drug-likeness (QED) is 0.791. The van der Waals surface area contributed by atoms with Gasteiger partial charge in [0.05, 0.1) is 18.0 Å². The van der Waals surface area contributed by atoms with Gasteiger partial charge in [-0.15, -0.1) is 0 Å². The van der Waals surface area contributed by atoms with Gasteiger partial charge in [-0.25, -0.2) is 14.8 Å². The van der Waals surface area contributed by atoms with E-state index < -0.39 is 0 Å². The molecule has 0 fully saturated rings. The zero-order valence-electron chi connectivity index (χ0n) is 10.8. The second-order valence-corrected chi connectivity index (χ2v) is 3.49.